The maximum absolute atomic E-state index is 11.6. The number of para-hydroxylation sites is 1. The van der Waals surface area contributed by atoms with Crippen LogP contribution in [0.2, 0.25) is 0 Å². The first-order valence-corrected chi connectivity index (χ1v) is 5.46. The summed E-state index contributed by atoms with van der Waals surface area (Å²) in [5, 5.41) is 0.873. The van der Waals surface area contributed by atoms with Gasteiger partial charge in [0.2, 0.25) is 0 Å². The van der Waals surface area contributed by atoms with Crippen molar-refractivity contribution in [2.24, 2.45) is 0 Å². The van der Waals surface area contributed by atoms with E-state index in [1.807, 2.05) is 24.3 Å². The molecule has 0 aliphatic heterocycles. The summed E-state index contributed by atoms with van der Waals surface area (Å²) >= 11 is 0. The van der Waals surface area contributed by atoms with Crippen LogP contribution in [0.25, 0.3) is 10.9 Å². The highest BCUT2D eigenvalue weighted by atomic mass is 16.5. The summed E-state index contributed by atoms with van der Waals surface area (Å²) in [7, 11) is 0. The fraction of sp³-hybridized carbons (Fsp3) is 0.231. The van der Waals surface area contributed by atoms with E-state index >= 15 is 0 Å². The van der Waals surface area contributed by atoms with Crippen LogP contribution in [0, 0.1) is 0 Å². The van der Waals surface area contributed by atoms with E-state index in [4.69, 9.17) is 4.74 Å². The molecule has 2 aromatic rings. The molecule has 4 nitrogen and oxygen atoms in total. The van der Waals surface area contributed by atoms with Crippen LogP contribution in [-0.2, 0) is 14.3 Å². The second-order valence-corrected chi connectivity index (χ2v) is 3.66. The van der Waals surface area contributed by atoms with Crippen molar-refractivity contribution in [2.45, 2.75) is 12.8 Å². The van der Waals surface area contributed by atoms with Gasteiger partial charge in [-0.05, 0) is 18.6 Å². The minimum atomic E-state index is -0.855. The summed E-state index contributed by atoms with van der Waals surface area (Å²) in [4.78, 5) is 25.7. The van der Waals surface area contributed by atoms with Gasteiger partial charge in [-0.25, -0.2) is 0 Å². The third kappa shape index (κ3) is 2.06. The number of fused-ring (bicyclic) bond motifs is 1. The number of aromatic nitrogens is 1. The highest BCUT2D eigenvalue weighted by Gasteiger charge is 2.23. The zero-order valence-corrected chi connectivity index (χ0v) is 9.47. The Labute approximate surface area is 98.6 Å². The number of aldehydes is 1. The molecule has 0 spiro atoms. The van der Waals surface area contributed by atoms with Crippen molar-refractivity contribution >= 4 is 23.2 Å². The number of aromatic amines is 1. The average Bonchev–Trinajstić information content (AvgIpc) is 2.75. The Balaban J connectivity index is 2.43. The van der Waals surface area contributed by atoms with E-state index in [1.165, 1.54) is 0 Å². The van der Waals surface area contributed by atoms with E-state index < -0.39 is 11.9 Å². The number of nitrogens with one attached hydrogen (secondary N) is 1. The molecular weight excluding hydrogens is 218 g/mol. The van der Waals surface area contributed by atoms with Crippen molar-refractivity contribution in [1.82, 2.24) is 4.98 Å². The van der Waals surface area contributed by atoms with E-state index in [0.29, 0.717) is 11.8 Å². The first-order chi connectivity index (χ1) is 8.27. The minimum Gasteiger partial charge on any atom is -0.465 e. The van der Waals surface area contributed by atoms with Gasteiger partial charge in [0.25, 0.3) is 0 Å². The minimum absolute atomic E-state index is 0.269. The Morgan fingerprint density at radius 3 is 2.94 bits per heavy atom. The van der Waals surface area contributed by atoms with Gasteiger partial charge >= 0.3 is 5.97 Å². The Hall–Kier alpha value is -2.10. The average molecular weight is 231 g/mol. The zero-order valence-electron chi connectivity index (χ0n) is 9.47. The van der Waals surface area contributed by atoms with Crippen molar-refractivity contribution in [3.63, 3.8) is 0 Å². The summed E-state index contributed by atoms with van der Waals surface area (Å²) in [5.41, 5.74) is 1.56. The molecule has 0 aliphatic rings. The van der Waals surface area contributed by atoms with Gasteiger partial charge in [-0.15, -0.1) is 0 Å². The number of carbonyl (C=O) groups excluding carboxylic acids is 2. The number of carbonyl (C=O) groups is 2. The van der Waals surface area contributed by atoms with Gasteiger partial charge in [0.15, 0.2) is 0 Å². The van der Waals surface area contributed by atoms with Crippen molar-refractivity contribution in [3.05, 3.63) is 36.0 Å². The predicted octanol–water partition coefficient (Wildman–Crippen LogP) is 2.01. The number of H-pyrrole nitrogens is 1. The molecule has 17 heavy (non-hydrogen) atoms. The maximum atomic E-state index is 11.6. The molecule has 0 fully saturated rings. The van der Waals surface area contributed by atoms with Crippen LogP contribution in [0.4, 0.5) is 0 Å². The number of benzene rings is 1. The van der Waals surface area contributed by atoms with E-state index in [-0.39, 0.29) is 6.61 Å². The quantitative estimate of drug-likeness (QED) is 0.497. The number of ether oxygens (including phenoxy) is 1. The summed E-state index contributed by atoms with van der Waals surface area (Å²) < 4.78 is 4.88. The predicted molar refractivity (Wildman–Crippen MR) is 63.7 cm³/mol. The van der Waals surface area contributed by atoms with E-state index in [1.54, 1.807) is 13.1 Å². The highest BCUT2D eigenvalue weighted by Crippen LogP contribution is 2.25. The molecule has 1 unspecified atom stereocenters. The first-order valence-electron chi connectivity index (χ1n) is 5.46. The Kier molecular flexibility index (Phi) is 3.23. The van der Waals surface area contributed by atoms with Crippen LogP contribution in [0.1, 0.15) is 18.4 Å². The lowest BCUT2D eigenvalue weighted by Crippen LogP contribution is -2.16. The summed E-state index contributed by atoms with van der Waals surface area (Å²) in [6, 6.07) is 7.53. The summed E-state index contributed by atoms with van der Waals surface area (Å²) in [6.45, 7) is 1.99. The van der Waals surface area contributed by atoms with Gasteiger partial charge < -0.3 is 14.5 Å². The molecule has 1 N–H and O–H groups in total. The van der Waals surface area contributed by atoms with Crippen LogP contribution >= 0.6 is 0 Å². The van der Waals surface area contributed by atoms with Crippen molar-refractivity contribution in [3.8, 4) is 0 Å². The second kappa shape index (κ2) is 4.82. The van der Waals surface area contributed by atoms with Gasteiger partial charge in [0.1, 0.15) is 12.2 Å². The van der Waals surface area contributed by atoms with E-state index in [0.717, 1.165) is 10.9 Å². The molecule has 4 heteroatoms. The van der Waals surface area contributed by atoms with Crippen LogP contribution in [0.15, 0.2) is 30.5 Å². The van der Waals surface area contributed by atoms with E-state index in [2.05, 4.69) is 4.98 Å². The summed E-state index contributed by atoms with van der Waals surface area (Å²) in [6.07, 6.45) is 2.30. The van der Waals surface area contributed by atoms with Crippen LogP contribution in [-0.4, -0.2) is 23.8 Å². The standard InChI is InChI=1S/C13H13NO3/c1-2-17-13(16)11(8-15)10-7-14-12-6-4-3-5-9(10)12/h3-8,11,14H,2H2,1H3. The lowest BCUT2D eigenvalue weighted by atomic mass is 10.0. The van der Waals surface area contributed by atoms with Gasteiger partial charge in [-0.1, -0.05) is 18.2 Å². The fourth-order valence-electron chi connectivity index (χ4n) is 1.84. The molecule has 0 saturated heterocycles. The Morgan fingerprint density at radius 2 is 2.24 bits per heavy atom. The number of esters is 1. The molecule has 1 atom stereocenters. The third-order valence-corrected chi connectivity index (χ3v) is 2.63. The smallest absolute Gasteiger partial charge is 0.320 e. The first kappa shape index (κ1) is 11.4. The topological polar surface area (TPSA) is 59.2 Å². The molecule has 0 radical (unpaired) electrons. The molecule has 1 aromatic carbocycles. The number of hydrogen-bond acceptors (Lipinski definition) is 3. The number of rotatable bonds is 4. The van der Waals surface area contributed by atoms with Crippen molar-refractivity contribution < 1.29 is 14.3 Å². The monoisotopic (exact) mass is 231 g/mol. The SMILES string of the molecule is CCOC(=O)C(C=O)c1c[nH]c2ccccc12. The maximum Gasteiger partial charge on any atom is 0.320 e. The zero-order chi connectivity index (χ0) is 12.3. The van der Waals surface area contributed by atoms with Crippen LogP contribution in [0.5, 0.6) is 0 Å². The van der Waals surface area contributed by atoms with Crippen LogP contribution in [0.3, 0.4) is 0 Å². The van der Waals surface area contributed by atoms with Crippen LogP contribution < -0.4 is 0 Å². The normalized spacial score (nSPS) is 12.3. The molecule has 0 amide bonds. The fourth-order valence-corrected chi connectivity index (χ4v) is 1.84. The molecule has 0 saturated carbocycles. The third-order valence-electron chi connectivity index (χ3n) is 2.63. The molecule has 1 heterocycles. The largest absolute Gasteiger partial charge is 0.465 e. The Morgan fingerprint density at radius 1 is 1.47 bits per heavy atom. The molecule has 2 rings (SSSR count). The second-order valence-electron chi connectivity index (χ2n) is 3.66. The number of hydrogen-bond donors (Lipinski definition) is 1. The molecule has 0 bridgehead atoms. The lowest BCUT2D eigenvalue weighted by Gasteiger charge is -2.08. The molecular formula is C13H13NO3. The van der Waals surface area contributed by atoms with Crippen molar-refractivity contribution in [2.75, 3.05) is 6.61 Å². The molecule has 1 aromatic heterocycles. The van der Waals surface area contributed by atoms with Gasteiger partial charge in [-0.2, -0.15) is 0 Å². The summed E-state index contributed by atoms with van der Waals surface area (Å²) in [5.74, 6) is -1.36. The van der Waals surface area contributed by atoms with E-state index in [9.17, 15) is 9.59 Å². The van der Waals surface area contributed by atoms with Gasteiger partial charge in [0.05, 0.1) is 6.61 Å². The van der Waals surface area contributed by atoms with Gasteiger partial charge in [-0.3, -0.25) is 4.79 Å². The molecule has 88 valence electrons. The Bertz CT molecular complexity index is 544. The molecule has 0 aliphatic carbocycles. The lowest BCUT2D eigenvalue weighted by molar-refractivity contribution is -0.145. The highest BCUT2D eigenvalue weighted by molar-refractivity contribution is 5.99. The van der Waals surface area contributed by atoms with Crippen molar-refractivity contribution in [1.29, 1.82) is 0 Å². The van der Waals surface area contributed by atoms with Gasteiger partial charge in [0, 0.05) is 17.1 Å².